The number of aryl methyl sites for hydroxylation is 1. The van der Waals surface area contributed by atoms with Crippen molar-refractivity contribution in [2.75, 3.05) is 13.6 Å². The van der Waals surface area contributed by atoms with Crippen molar-refractivity contribution in [3.8, 4) is 0 Å². The van der Waals surface area contributed by atoms with Crippen LogP contribution in [0.4, 0.5) is 0 Å². The molecule has 4 nitrogen and oxygen atoms in total. The summed E-state index contributed by atoms with van der Waals surface area (Å²) >= 11 is 0. The Hall–Kier alpha value is -2.59. The summed E-state index contributed by atoms with van der Waals surface area (Å²) in [6.45, 7) is 1.04. The highest BCUT2D eigenvalue weighted by atomic mass is 15.2. The largest absolute Gasteiger partial charge is 0.356 e. The Kier molecular flexibility index (Phi) is 2.85. The molecule has 0 spiro atoms. The zero-order valence-corrected chi connectivity index (χ0v) is 14.0. The lowest BCUT2D eigenvalue weighted by atomic mass is 9.97. The number of rotatable bonds is 1. The molecule has 3 heterocycles. The summed E-state index contributed by atoms with van der Waals surface area (Å²) in [4.78, 5) is 11.0. The van der Waals surface area contributed by atoms with Crippen molar-refractivity contribution in [1.82, 2.24) is 19.4 Å². The van der Waals surface area contributed by atoms with E-state index in [2.05, 4.69) is 77.1 Å². The first kappa shape index (κ1) is 13.8. The lowest BCUT2D eigenvalue weighted by Gasteiger charge is -2.32. The monoisotopic (exact) mass is 316 g/mol. The first-order valence-electron chi connectivity index (χ1n) is 8.45. The Labute approximate surface area is 140 Å². The molecule has 24 heavy (non-hydrogen) atoms. The number of fused-ring (bicyclic) bond motifs is 4. The molecule has 4 heteroatoms. The molecule has 0 bridgehead atoms. The fraction of sp³-hybridized carbons (Fsp3) is 0.250. The van der Waals surface area contributed by atoms with Gasteiger partial charge in [-0.15, -0.1) is 0 Å². The number of nitrogens with zero attached hydrogens (tertiary/aromatic N) is 3. The van der Waals surface area contributed by atoms with E-state index >= 15 is 0 Å². The van der Waals surface area contributed by atoms with Crippen LogP contribution < -0.4 is 0 Å². The number of benzene rings is 2. The molecule has 5 rings (SSSR count). The maximum atomic E-state index is 4.96. The summed E-state index contributed by atoms with van der Waals surface area (Å²) in [6.07, 6.45) is 1.08. The van der Waals surface area contributed by atoms with Crippen LogP contribution in [0.2, 0.25) is 0 Å². The maximum absolute atomic E-state index is 4.96. The third kappa shape index (κ3) is 1.80. The minimum atomic E-state index is 0.165. The summed E-state index contributed by atoms with van der Waals surface area (Å²) in [5.41, 5.74) is 6.21. The topological polar surface area (TPSA) is 36.9 Å². The van der Waals surface area contributed by atoms with E-state index < -0.39 is 0 Å². The van der Waals surface area contributed by atoms with Crippen LogP contribution in [0.3, 0.4) is 0 Å². The van der Waals surface area contributed by atoms with E-state index in [1.807, 2.05) is 0 Å². The Balaban J connectivity index is 1.77. The number of imidazole rings is 1. The van der Waals surface area contributed by atoms with Crippen LogP contribution in [0.25, 0.3) is 21.9 Å². The summed E-state index contributed by atoms with van der Waals surface area (Å²) in [7, 11) is 4.31. The van der Waals surface area contributed by atoms with Gasteiger partial charge in [-0.05, 0) is 37.2 Å². The molecule has 2 aromatic carbocycles. The van der Waals surface area contributed by atoms with Crippen LogP contribution >= 0.6 is 0 Å². The van der Waals surface area contributed by atoms with Crippen molar-refractivity contribution < 1.29 is 0 Å². The Morgan fingerprint density at radius 1 is 1.04 bits per heavy atom. The van der Waals surface area contributed by atoms with Gasteiger partial charge < -0.3 is 9.55 Å². The van der Waals surface area contributed by atoms with E-state index in [-0.39, 0.29) is 6.04 Å². The van der Waals surface area contributed by atoms with Crippen molar-refractivity contribution in [3.05, 3.63) is 65.6 Å². The molecule has 2 aromatic heterocycles. The van der Waals surface area contributed by atoms with E-state index in [0.717, 1.165) is 24.3 Å². The number of H-pyrrole nitrogens is 1. The van der Waals surface area contributed by atoms with Crippen LogP contribution in [-0.4, -0.2) is 33.0 Å². The number of aromatic nitrogens is 3. The molecular weight excluding hydrogens is 296 g/mol. The normalized spacial score (nSPS) is 18.3. The third-order valence-electron chi connectivity index (χ3n) is 5.34. The van der Waals surface area contributed by atoms with Crippen molar-refractivity contribution in [1.29, 1.82) is 0 Å². The summed E-state index contributed by atoms with van der Waals surface area (Å²) in [5.74, 6) is 1.10. The first-order chi connectivity index (χ1) is 11.7. The molecule has 1 aliphatic heterocycles. The fourth-order valence-corrected chi connectivity index (χ4v) is 4.10. The van der Waals surface area contributed by atoms with E-state index in [1.54, 1.807) is 0 Å². The second-order valence-electron chi connectivity index (χ2n) is 6.71. The Morgan fingerprint density at radius 3 is 2.71 bits per heavy atom. The zero-order chi connectivity index (χ0) is 16.3. The molecule has 0 radical (unpaired) electrons. The van der Waals surface area contributed by atoms with Gasteiger partial charge in [-0.1, -0.05) is 30.3 Å². The summed E-state index contributed by atoms with van der Waals surface area (Å²) in [5, 5.41) is 1.35. The molecule has 0 aliphatic carbocycles. The number of hydrogen-bond acceptors (Lipinski definition) is 2. The highest BCUT2D eigenvalue weighted by molar-refractivity contribution is 5.85. The van der Waals surface area contributed by atoms with E-state index in [0.29, 0.717) is 0 Å². The standard InChI is InChI=1S/C20H20N4/c1-23-12-11-14-13-7-3-4-8-15(13)21-18(14)19(23)20-22-16-9-5-6-10-17(16)24(20)2/h3-10,19,21H,11-12H2,1-2H3. The molecule has 0 saturated heterocycles. The highest BCUT2D eigenvalue weighted by Crippen LogP contribution is 2.37. The molecule has 1 atom stereocenters. The van der Waals surface area contributed by atoms with E-state index in [1.165, 1.54) is 27.7 Å². The van der Waals surface area contributed by atoms with Gasteiger partial charge in [0.15, 0.2) is 0 Å². The molecule has 1 aliphatic rings. The second-order valence-corrected chi connectivity index (χ2v) is 6.71. The second kappa shape index (κ2) is 4.95. The Bertz CT molecular complexity index is 1060. The van der Waals surface area contributed by atoms with Gasteiger partial charge in [-0.3, -0.25) is 4.90 Å². The van der Waals surface area contributed by atoms with Crippen LogP contribution in [0.5, 0.6) is 0 Å². The molecule has 1 N–H and O–H groups in total. The number of nitrogens with one attached hydrogen (secondary N) is 1. The number of likely N-dealkylation sites (N-methyl/N-ethyl adjacent to an activating group) is 1. The zero-order valence-electron chi connectivity index (χ0n) is 14.0. The third-order valence-corrected chi connectivity index (χ3v) is 5.34. The minimum Gasteiger partial charge on any atom is -0.356 e. The molecule has 120 valence electrons. The van der Waals surface area contributed by atoms with Crippen LogP contribution in [0.1, 0.15) is 23.1 Å². The molecule has 0 amide bonds. The molecule has 1 unspecified atom stereocenters. The predicted octanol–water partition coefficient (Wildman–Crippen LogP) is 3.63. The molecule has 0 fully saturated rings. The van der Waals surface area contributed by atoms with Gasteiger partial charge in [-0.25, -0.2) is 4.98 Å². The van der Waals surface area contributed by atoms with Crippen molar-refractivity contribution >= 4 is 21.9 Å². The minimum absolute atomic E-state index is 0.165. The lowest BCUT2D eigenvalue weighted by molar-refractivity contribution is 0.250. The van der Waals surface area contributed by atoms with Crippen molar-refractivity contribution in [3.63, 3.8) is 0 Å². The van der Waals surface area contributed by atoms with Gasteiger partial charge in [0.25, 0.3) is 0 Å². The quantitative estimate of drug-likeness (QED) is 0.582. The van der Waals surface area contributed by atoms with Gasteiger partial charge in [-0.2, -0.15) is 0 Å². The van der Waals surface area contributed by atoms with Crippen molar-refractivity contribution in [2.45, 2.75) is 12.5 Å². The van der Waals surface area contributed by atoms with Gasteiger partial charge in [0, 0.05) is 30.2 Å². The highest BCUT2D eigenvalue weighted by Gasteiger charge is 2.32. The molecule has 4 aromatic rings. The molecule has 0 saturated carbocycles. The number of para-hydroxylation sites is 3. The summed E-state index contributed by atoms with van der Waals surface area (Å²) < 4.78 is 2.23. The number of hydrogen-bond donors (Lipinski definition) is 1. The Morgan fingerprint density at radius 2 is 1.83 bits per heavy atom. The van der Waals surface area contributed by atoms with Crippen LogP contribution in [-0.2, 0) is 13.5 Å². The van der Waals surface area contributed by atoms with Gasteiger partial charge in [0.05, 0.1) is 11.0 Å². The number of aromatic amines is 1. The average molecular weight is 316 g/mol. The van der Waals surface area contributed by atoms with Crippen LogP contribution in [0, 0.1) is 0 Å². The summed E-state index contributed by atoms with van der Waals surface area (Å²) in [6, 6.07) is 17.1. The SMILES string of the molecule is CN1CCc2c([nH]c3ccccc23)C1c1nc2ccccc2n1C. The lowest BCUT2D eigenvalue weighted by Crippen LogP contribution is -2.34. The van der Waals surface area contributed by atoms with Gasteiger partial charge in [0.1, 0.15) is 11.9 Å². The van der Waals surface area contributed by atoms with Gasteiger partial charge >= 0.3 is 0 Å². The van der Waals surface area contributed by atoms with Crippen molar-refractivity contribution in [2.24, 2.45) is 7.05 Å². The smallest absolute Gasteiger partial charge is 0.133 e. The fourth-order valence-electron chi connectivity index (χ4n) is 4.10. The van der Waals surface area contributed by atoms with E-state index in [9.17, 15) is 0 Å². The molecular formula is C20H20N4. The average Bonchev–Trinajstić information content (AvgIpc) is 3.13. The first-order valence-corrected chi connectivity index (χ1v) is 8.45. The van der Waals surface area contributed by atoms with Crippen LogP contribution in [0.15, 0.2) is 48.5 Å². The predicted molar refractivity (Wildman–Crippen MR) is 97.2 cm³/mol. The maximum Gasteiger partial charge on any atom is 0.133 e. The van der Waals surface area contributed by atoms with Gasteiger partial charge in [0.2, 0.25) is 0 Å². The van der Waals surface area contributed by atoms with E-state index in [4.69, 9.17) is 4.98 Å².